The van der Waals surface area contributed by atoms with Crippen molar-refractivity contribution in [3.8, 4) is 5.75 Å². The number of aliphatic imine (C=N–C) groups is 1. The largest absolute Gasteiger partial charge is 0.434 e. The lowest BCUT2D eigenvalue weighted by Gasteiger charge is -2.14. The second-order valence-electron chi connectivity index (χ2n) is 5.81. The lowest BCUT2D eigenvalue weighted by Crippen LogP contribution is -2.36. The average molecular weight is 518 g/mol. The molecule has 0 unspecified atom stereocenters. The summed E-state index contributed by atoms with van der Waals surface area (Å²) in [6.45, 7) is 0.392. The van der Waals surface area contributed by atoms with Crippen LogP contribution in [-0.4, -0.2) is 32.1 Å². The van der Waals surface area contributed by atoms with Gasteiger partial charge in [0.15, 0.2) is 5.96 Å². The number of benzene rings is 2. The molecule has 0 heterocycles. The van der Waals surface area contributed by atoms with E-state index in [1.807, 2.05) is 19.1 Å². The van der Waals surface area contributed by atoms with Gasteiger partial charge in [-0.1, -0.05) is 30.3 Å². The number of nitrogens with one attached hydrogen (secondary N) is 3. The minimum atomic E-state index is -2.87. The van der Waals surface area contributed by atoms with Crippen LogP contribution in [0.1, 0.15) is 28.4 Å². The van der Waals surface area contributed by atoms with Crippen molar-refractivity contribution in [2.75, 3.05) is 13.6 Å². The molecule has 2 aromatic carbocycles. The van der Waals surface area contributed by atoms with Gasteiger partial charge < -0.3 is 20.7 Å². The zero-order chi connectivity index (χ0) is 20.4. The van der Waals surface area contributed by atoms with Crippen LogP contribution >= 0.6 is 24.0 Å². The number of halogens is 3. The lowest BCUT2D eigenvalue weighted by molar-refractivity contribution is -0.0504. The van der Waals surface area contributed by atoms with Crippen molar-refractivity contribution >= 4 is 35.8 Å². The molecule has 0 aliphatic heterocycles. The third kappa shape index (κ3) is 8.22. The van der Waals surface area contributed by atoms with Gasteiger partial charge in [-0.3, -0.25) is 4.79 Å². The topological polar surface area (TPSA) is 74.8 Å². The van der Waals surface area contributed by atoms with Crippen molar-refractivity contribution in [3.05, 3.63) is 65.2 Å². The molecule has 0 aliphatic rings. The van der Waals surface area contributed by atoms with Crippen molar-refractivity contribution in [3.63, 3.8) is 0 Å². The van der Waals surface area contributed by atoms with E-state index < -0.39 is 6.61 Å². The number of guanidine groups is 1. The molecule has 0 saturated carbocycles. The van der Waals surface area contributed by atoms with Crippen molar-refractivity contribution in [1.82, 2.24) is 16.0 Å². The van der Waals surface area contributed by atoms with Crippen molar-refractivity contribution < 1.29 is 18.3 Å². The van der Waals surface area contributed by atoms with E-state index in [2.05, 4.69) is 25.7 Å². The zero-order valence-corrected chi connectivity index (χ0v) is 18.6. The third-order valence-electron chi connectivity index (χ3n) is 3.84. The van der Waals surface area contributed by atoms with Crippen LogP contribution in [0.5, 0.6) is 5.75 Å². The molecule has 0 aliphatic carbocycles. The van der Waals surface area contributed by atoms with Gasteiger partial charge >= 0.3 is 6.61 Å². The highest BCUT2D eigenvalue weighted by molar-refractivity contribution is 14.0. The Hall–Kier alpha value is -2.43. The molecule has 2 aromatic rings. The maximum atomic E-state index is 12.5. The van der Waals surface area contributed by atoms with Crippen molar-refractivity contribution in [1.29, 1.82) is 0 Å². The molecule has 158 valence electrons. The number of para-hydroxylation sites is 1. The first-order valence-corrected chi connectivity index (χ1v) is 8.89. The predicted octanol–water partition coefficient (Wildman–Crippen LogP) is 3.52. The summed E-state index contributed by atoms with van der Waals surface area (Å²) in [7, 11) is 1.58. The highest BCUT2D eigenvalue weighted by Crippen LogP contribution is 2.19. The standard InChI is InChI=1S/C20H24F2N4O2.HI/c1-3-24-20(25-12-14-8-10-15(11-9-14)18(27)23-2)26-13-16-6-4-5-7-17(16)28-19(21)22;/h4-11,19H,3,12-13H2,1-2H3,(H,23,27)(H2,24,25,26);1H. The van der Waals surface area contributed by atoms with Gasteiger partial charge in [0.25, 0.3) is 5.91 Å². The van der Waals surface area contributed by atoms with E-state index in [-0.39, 0.29) is 42.2 Å². The second kappa shape index (κ2) is 12.9. The molecule has 9 heteroatoms. The number of nitrogens with zero attached hydrogens (tertiary/aromatic N) is 1. The van der Waals surface area contributed by atoms with Crippen LogP contribution < -0.4 is 20.7 Å². The Kier molecular flexibility index (Phi) is 11.0. The first-order chi connectivity index (χ1) is 13.5. The molecule has 29 heavy (non-hydrogen) atoms. The Morgan fingerprint density at radius 1 is 1.10 bits per heavy atom. The SMILES string of the molecule is CCNC(=NCc1ccc(C(=O)NC)cc1)NCc1ccccc1OC(F)F.I. The van der Waals surface area contributed by atoms with Gasteiger partial charge in [0.1, 0.15) is 5.75 Å². The minimum absolute atomic E-state index is 0. The molecule has 2 rings (SSSR count). The molecule has 3 N–H and O–H groups in total. The van der Waals surface area contributed by atoms with Crippen LogP contribution in [0.4, 0.5) is 8.78 Å². The molecule has 0 saturated heterocycles. The van der Waals surface area contributed by atoms with Gasteiger partial charge in [-0.2, -0.15) is 8.78 Å². The number of alkyl halides is 2. The number of amides is 1. The fourth-order valence-corrected chi connectivity index (χ4v) is 2.46. The van der Waals surface area contributed by atoms with Gasteiger partial charge in [-0.05, 0) is 30.7 Å². The Balaban J connectivity index is 0.00000420. The van der Waals surface area contributed by atoms with Gasteiger partial charge in [-0.25, -0.2) is 4.99 Å². The summed E-state index contributed by atoms with van der Waals surface area (Å²) >= 11 is 0. The molecule has 0 spiro atoms. The fraction of sp³-hybridized carbons (Fsp3) is 0.300. The first kappa shape index (κ1) is 24.6. The molecule has 0 radical (unpaired) electrons. The Labute approximate surface area is 186 Å². The molecular formula is C20H25F2IN4O2. The fourth-order valence-electron chi connectivity index (χ4n) is 2.46. The highest BCUT2D eigenvalue weighted by atomic mass is 127. The van der Waals surface area contributed by atoms with E-state index in [1.165, 1.54) is 6.07 Å². The summed E-state index contributed by atoms with van der Waals surface area (Å²) in [6.07, 6.45) is 0. The maximum absolute atomic E-state index is 12.5. The number of hydrogen-bond acceptors (Lipinski definition) is 3. The number of carbonyl (C=O) groups excluding carboxylic acids is 1. The van der Waals surface area contributed by atoms with E-state index in [9.17, 15) is 13.6 Å². The Morgan fingerprint density at radius 2 is 1.79 bits per heavy atom. The Morgan fingerprint density at radius 3 is 2.41 bits per heavy atom. The summed E-state index contributed by atoms with van der Waals surface area (Å²) in [4.78, 5) is 16.1. The summed E-state index contributed by atoms with van der Waals surface area (Å²) in [5.74, 6) is 0.533. The zero-order valence-electron chi connectivity index (χ0n) is 16.2. The number of carbonyl (C=O) groups is 1. The molecule has 1 amide bonds. The summed E-state index contributed by atoms with van der Waals surface area (Å²) < 4.78 is 29.6. The third-order valence-corrected chi connectivity index (χ3v) is 3.84. The number of ether oxygens (including phenoxy) is 1. The monoisotopic (exact) mass is 518 g/mol. The quantitative estimate of drug-likeness (QED) is 0.284. The second-order valence-corrected chi connectivity index (χ2v) is 5.81. The maximum Gasteiger partial charge on any atom is 0.387 e. The van der Waals surface area contributed by atoms with Crippen LogP contribution in [0.15, 0.2) is 53.5 Å². The summed E-state index contributed by atoms with van der Waals surface area (Å²) in [5.41, 5.74) is 2.12. The summed E-state index contributed by atoms with van der Waals surface area (Å²) in [5, 5.41) is 8.79. The normalized spacial score (nSPS) is 10.9. The van der Waals surface area contributed by atoms with E-state index in [4.69, 9.17) is 0 Å². The van der Waals surface area contributed by atoms with Gasteiger partial charge in [0, 0.05) is 31.3 Å². The van der Waals surface area contributed by atoms with Gasteiger partial charge in [0.05, 0.1) is 6.54 Å². The number of rotatable bonds is 8. The Bertz CT molecular complexity index is 801. The molecular weight excluding hydrogens is 493 g/mol. The highest BCUT2D eigenvalue weighted by Gasteiger charge is 2.09. The smallest absolute Gasteiger partial charge is 0.387 e. The van der Waals surface area contributed by atoms with E-state index in [0.29, 0.717) is 30.2 Å². The minimum Gasteiger partial charge on any atom is -0.434 e. The van der Waals surface area contributed by atoms with Crippen LogP contribution in [0.3, 0.4) is 0 Å². The van der Waals surface area contributed by atoms with Gasteiger partial charge in [-0.15, -0.1) is 24.0 Å². The van der Waals surface area contributed by atoms with E-state index >= 15 is 0 Å². The van der Waals surface area contributed by atoms with E-state index in [1.54, 1.807) is 37.4 Å². The molecule has 0 aromatic heterocycles. The van der Waals surface area contributed by atoms with Crippen molar-refractivity contribution in [2.45, 2.75) is 26.6 Å². The first-order valence-electron chi connectivity index (χ1n) is 8.89. The molecule has 6 nitrogen and oxygen atoms in total. The molecule has 0 atom stereocenters. The van der Waals surface area contributed by atoms with Crippen molar-refractivity contribution in [2.24, 2.45) is 4.99 Å². The predicted molar refractivity (Wildman–Crippen MR) is 120 cm³/mol. The van der Waals surface area contributed by atoms with E-state index in [0.717, 1.165) is 5.56 Å². The van der Waals surface area contributed by atoms with Crippen LogP contribution in [0.25, 0.3) is 0 Å². The lowest BCUT2D eigenvalue weighted by atomic mass is 10.1. The summed E-state index contributed by atoms with van der Waals surface area (Å²) in [6, 6.07) is 13.8. The molecule has 0 bridgehead atoms. The van der Waals surface area contributed by atoms with Crippen LogP contribution in [0.2, 0.25) is 0 Å². The van der Waals surface area contributed by atoms with Crippen LogP contribution in [-0.2, 0) is 13.1 Å². The molecule has 0 fully saturated rings. The average Bonchev–Trinajstić information content (AvgIpc) is 2.70. The van der Waals surface area contributed by atoms with Gasteiger partial charge in [0.2, 0.25) is 0 Å². The van der Waals surface area contributed by atoms with Crippen LogP contribution in [0, 0.1) is 0 Å². The number of hydrogen-bond donors (Lipinski definition) is 3.